The number of hydrogen-bond donors (Lipinski definition) is 0. The first kappa shape index (κ1) is 10.5. The third-order valence-corrected chi connectivity index (χ3v) is 5.08. The fraction of sp³-hybridized carbons (Fsp3) is 0.182. The van der Waals surface area contributed by atoms with Gasteiger partial charge in [0.25, 0.3) is 0 Å². The second-order valence-corrected chi connectivity index (χ2v) is 5.96. The number of rotatable bonds is 1. The molecule has 0 aliphatic carbocycles. The summed E-state index contributed by atoms with van der Waals surface area (Å²) in [6, 6.07) is 4.07. The van der Waals surface area contributed by atoms with Gasteiger partial charge in [-0.2, -0.15) is 0 Å². The van der Waals surface area contributed by atoms with Crippen LogP contribution in [0.25, 0.3) is 0 Å². The van der Waals surface area contributed by atoms with Gasteiger partial charge in [0, 0.05) is 23.4 Å². The normalized spacial score (nSPS) is 20.8. The topological polar surface area (TPSA) is 46.8 Å². The zero-order chi connectivity index (χ0) is 12.1. The van der Waals surface area contributed by atoms with Gasteiger partial charge in [0.1, 0.15) is 10.4 Å². The van der Waals surface area contributed by atoms with Crippen LogP contribution in [0.3, 0.4) is 0 Å². The van der Waals surface area contributed by atoms with Crippen molar-refractivity contribution in [2.24, 2.45) is 0 Å². The second kappa shape index (κ2) is 3.76. The van der Waals surface area contributed by atoms with Crippen molar-refractivity contribution in [2.75, 3.05) is 5.01 Å². The standard InChI is InChI=1S/C11H9N5S2/c1-7-13-14-11-15(7)16-9(18-11)6-17-10(16)8-3-2-4-12-5-8/h2-6,10H,1H3/t10-/m1/s1. The number of thioether (sulfide) groups is 2. The molecule has 90 valence electrons. The summed E-state index contributed by atoms with van der Waals surface area (Å²) in [6.07, 6.45) is 3.71. The van der Waals surface area contributed by atoms with E-state index in [-0.39, 0.29) is 5.37 Å². The Bertz CT molecular complexity index is 636. The van der Waals surface area contributed by atoms with Crippen molar-refractivity contribution >= 4 is 23.5 Å². The maximum absolute atomic E-state index is 4.20. The van der Waals surface area contributed by atoms with Gasteiger partial charge in [-0.1, -0.05) is 17.8 Å². The van der Waals surface area contributed by atoms with E-state index >= 15 is 0 Å². The first-order valence-electron chi connectivity index (χ1n) is 5.49. The van der Waals surface area contributed by atoms with E-state index in [1.165, 1.54) is 10.6 Å². The van der Waals surface area contributed by atoms with Crippen LogP contribution in [-0.4, -0.2) is 19.9 Å². The Labute approximate surface area is 112 Å². The minimum atomic E-state index is 0.220. The van der Waals surface area contributed by atoms with E-state index in [0.29, 0.717) is 0 Å². The molecule has 2 aliphatic heterocycles. The van der Waals surface area contributed by atoms with Crippen LogP contribution in [-0.2, 0) is 0 Å². The third kappa shape index (κ3) is 1.34. The molecule has 4 heterocycles. The third-order valence-electron chi connectivity index (χ3n) is 2.89. The summed E-state index contributed by atoms with van der Waals surface area (Å²) in [6.45, 7) is 1.98. The molecule has 2 aromatic heterocycles. The molecule has 2 aromatic rings. The molecule has 0 saturated heterocycles. The highest BCUT2D eigenvalue weighted by Crippen LogP contribution is 2.50. The van der Waals surface area contributed by atoms with Crippen molar-refractivity contribution in [3.8, 4) is 0 Å². The Morgan fingerprint density at radius 3 is 3.11 bits per heavy atom. The second-order valence-electron chi connectivity index (χ2n) is 4.02. The molecule has 0 spiro atoms. The van der Waals surface area contributed by atoms with Crippen molar-refractivity contribution in [2.45, 2.75) is 17.5 Å². The van der Waals surface area contributed by atoms with E-state index < -0.39 is 0 Å². The molecule has 0 aromatic carbocycles. The zero-order valence-corrected chi connectivity index (χ0v) is 11.1. The summed E-state index contributed by atoms with van der Waals surface area (Å²) in [5.41, 5.74) is 1.19. The molecule has 5 nitrogen and oxygen atoms in total. The number of pyridine rings is 1. The molecule has 7 heteroatoms. The fourth-order valence-electron chi connectivity index (χ4n) is 2.11. The number of nitrogens with zero attached hydrogens (tertiary/aromatic N) is 5. The van der Waals surface area contributed by atoms with Crippen LogP contribution >= 0.6 is 23.5 Å². The van der Waals surface area contributed by atoms with Gasteiger partial charge >= 0.3 is 0 Å². The molecule has 0 unspecified atom stereocenters. The monoisotopic (exact) mass is 275 g/mol. The van der Waals surface area contributed by atoms with E-state index in [2.05, 4.69) is 36.3 Å². The van der Waals surface area contributed by atoms with Crippen LogP contribution in [0.2, 0.25) is 0 Å². The van der Waals surface area contributed by atoms with Crippen molar-refractivity contribution in [1.29, 1.82) is 0 Å². The quantitative estimate of drug-likeness (QED) is 0.795. The molecule has 4 rings (SSSR count). The van der Waals surface area contributed by atoms with Crippen LogP contribution in [0.5, 0.6) is 0 Å². The molecule has 0 amide bonds. The molecule has 0 saturated carbocycles. The summed E-state index contributed by atoms with van der Waals surface area (Å²) in [4.78, 5) is 4.20. The Kier molecular flexibility index (Phi) is 2.18. The van der Waals surface area contributed by atoms with E-state index in [0.717, 1.165) is 11.0 Å². The first-order valence-corrected chi connectivity index (χ1v) is 7.25. The van der Waals surface area contributed by atoms with Gasteiger partial charge in [0.2, 0.25) is 5.16 Å². The lowest BCUT2D eigenvalue weighted by Crippen LogP contribution is -2.30. The van der Waals surface area contributed by atoms with Gasteiger partial charge in [-0.05, 0) is 24.8 Å². The number of hydrogen-bond acceptors (Lipinski definition) is 6. The molecular weight excluding hydrogens is 266 g/mol. The van der Waals surface area contributed by atoms with E-state index in [4.69, 9.17) is 0 Å². The molecule has 0 fully saturated rings. The smallest absolute Gasteiger partial charge is 0.216 e. The average Bonchev–Trinajstić information content (AvgIpc) is 3.03. The maximum Gasteiger partial charge on any atom is 0.216 e. The molecule has 0 bridgehead atoms. The van der Waals surface area contributed by atoms with Gasteiger partial charge in [-0.3, -0.25) is 9.99 Å². The Balaban J connectivity index is 1.81. The SMILES string of the molecule is Cc1nnc2n1N1C(=CS[C@@H]1c1cccnc1)S2. The molecule has 18 heavy (non-hydrogen) atoms. The highest BCUT2D eigenvalue weighted by Gasteiger charge is 2.38. The van der Waals surface area contributed by atoms with Crippen molar-refractivity contribution in [3.05, 3.63) is 46.4 Å². The van der Waals surface area contributed by atoms with E-state index in [9.17, 15) is 0 Å². The average molecular weight is 275 g/mol. The minimum absolute atomic E-state index is 0.220. The van der Waals surface area contributed by atoms with Crippen LogP contribution in [0.4, 0.5) is 0 Å². The lowest BCUT2D eigenvalue weighted by atomic mass is 10.3. The van der Waals surface area contributed by atoms with E-state index in [1.54, 1.807) is 29.7 Å². The molecular formula is C11H9N5S2. The van der Waals surface area contributed by atoms with Gasteiger partial charge in [0.05, 0.1) is 0 Å². The minimum Gasteiger partial charge on any atom is -0.264 e. The maximum atomic E-state index is 4.20. The predicted molar refractivity (Wildman–Crippen MR) is 71.5 cm³/mol. The fourth-order valence-corrected chi connectivity index (χ4v) is 4.36. The zero-order valence-electron chi connectivity index (χ0n) is 9.52. The van der Waals surface area contributed by atoms with E-state index in [1.807, 2.05) is 19.2 Å². The summed E-state index contributed by atoms with van der Waals surface area (Å²) in [7, 11) is 0. The number of fused-ring (bicyclic) bond motifs is 3. The lowest BCUT2D eigenvalue weighted by molar-refractivity contribution is 0.617. The highest BCUT2D eigenvalue weighted by atomic mass is 32.2. The van der Waals surface area contributed by atoms with Gasteiger partial charge in [0.15, 0.2) is 5.82 Å². The Hall–Kier alpha value is -1.47. The molecule has 0 N–H and O–H groups in total. The summed E-state index contributed by atoms with van der Waals surface area (Å²) in [5, 5.41) is 15.1. The summed E-state index contributed by atoms with van der Waals surface area (Å²) >= 11 is 3.45. The lowest BCUT2D eigenvalue weighted by Gasteiger charge is -2.24. The summed E-state index contributed by atoms with van der Waals surface area (Å²) < 4.78 is 2.08. The Morgan fingerprint density at radius 2 is 2.28 bits per heavy atom. The first-order chi connectivity index (χ1) is 8.84. The molecule has 1 atom stereocenters. The number of aromatic nitrogens is 4. The number of aryl methyl sites for hydroxylation is 1. The van der Waals surface area contributed by atoms with Gasteiger partial charge < -0.3 is 0 Å². The van der Waals surface area contributed by atoms with Crippen molar-refractivity contribution in [3.63, 3.8) is 0 Å². The largest absolute Gasteiger partial charge is 0.264 e. The summed E-state index contributed by atoms with van der Waals surface area (Å²) in [5.74, 6) is 0.914. The Morgan fingerprint density at radius 1 is 1.33 bits per heavy atom. The van der Waals surface area contributed by atoms with Crippen molar-refractivity contribution in [1.82, 2.24) is 19.9 Å². The van der Waals surface area contributed by atoms with Crippen molar-refractivity contribution < 1.29 is 0 Å². The van der Waals surface area contributed by atoms with Crippen LogP contribution in [0, 0.1) is 6.92 Å². The van der Waals surface area contributed by atoms with Gasteiger partial charge in [-0.15, -0.1) is 10.2 Å². The van der Waals surface area contributed by atoms with Crippen LogP contribution in [0.1, 0.15) is 16.8 Å². The highest BCUT2D eigenvalue weighted by molar-refractivity contribution is 8.07. The van der Waals surface area contributed by atoms with Gasteiger partial charge in [-0.25, -0.2) is 4.68 Å². The molecule has 2 aliphatic rings. The van der Waals surface area contributed by atoms with Crippen LogP contribution in [0.15, 0.2) is 40.1 Å². The van der Waals surface area contributed by atoms with Crippen LogP contribution < -0.4 is 5.01 Å². The molecule has 0 radical (unpaired) electrons. The predicted octanol–water partition coefficient (Wildman–Crippen LogP) is 2.27.